The summed E-state index contributed by atoms with van der Waals surface area (Å²) in [5.74, 6) is 0.287. The number of carbonyl (C=O) groups excluding carboxylic acids is 2. The summed E-state index contributed by atoms with van der Waals surface area (Å²) in [6, 6.07) is 12.0. The van der Waals surface area contributed by atoms with Gasteiger partial charge in [0.2, 0.25) is 0 Å². The highest BCUT2D eigenvalue weighted by atomic mass is 16.5. The summed E-state index contributed by atoms with van der Waals surface area (Å²) < 4.78 is 16.0. The van der Waals surface area contributed by atoms with Gasteiger partial charge >= 0.3 is 0 Å². The van der Waals surface area contributed by atoms with Crippen LogP contribution >= 0.6 is 0 Å². The maximum atomic E-state index is 12.4. The molecule has 2 aromatic carbocycles. The molecule has 3 rings (SSSR count). The van der Waals surface area contributed by atoms with Gasteiger partial charge in [0.1, 0.15) is 18.1 Å². The van der Waals surface area contributed by atoms with Gasteiger partial charge in [0.15, 0.2) is 6.61 Å². The Bertz CT molecular complexity index is 839. The van der Waals surface area contributed by atoms with Crippen LogP contribution in [0.25, 0.3) is 0 Å². The first-order valence-electron chi connectivity index (χ1n) is 8.34. The summed E-state index contributed by atoms with van der Waals surface area (Å²) in [4.78, 5) is 25.6. The SMILES string of the molecule is COCCOc1cccc(CN2C(=O)COc3ccc(C(=O)NO)cc32)c1. The van der Waals surface area contributed by atoms with Crippen LogP contribution in [0.4, 0.5) is 5.69 Å². The van der Waals surface area contributed by atoms with Crippen LogP contribution in [-0.4, -0.2) is 44.0 Å². The van der Waals surface area contributed by atoms with Crippen LogP contribution in [0.5, 0.6) is 11.5 Å². The lowest BCUT2D eigenvalue weighted by Crippen LogP contribution is -2.38. The molecular formula is C19H20N2O6. The first-order chi connectivity index (χ1) is 13.1. The third kappa shape index (κ3) is 4.36. The Kier molecular flexibility index (Phi) is 5.90. The number of rotatable bonds is 7. The maximum Gasteiger partial charge on any atom is 0.274 e. The van der Waals surface area contributed by atoms with Crippen LogP contribution in [-0.2, 0) is 16.1 Å². The van der Waals surface area contributed by atoms with Crippen LogP contribution in [0.15, 0.2) is 42.5 Å². The van der Waals surface area contributed by atoms with Crippen LogP contribution in [0, 0.1) is 0 Å². The number of carbonyl (C=O) groups is 2. The topological polar surface area (TPSA) is 97.3 Å². The number of nitrogens with zero attached hydrogens (tertiary/aromatic N) is 1. The van der Waals surface area contributed by atoms with E-state index in [9.17, 15) is 9.59 Å². The first kappa shape index (κ1) is 18.7. The molecule has 8 heteroatoms. The van der Waals surface area contributed by atoms with Crippen molar-refractivity contribution in [2.24, 2.45) is 0 Å². The van der Waals surface area contributed by atoms with Crippen LogP contribution in [0.1, 0.15) is 15.9 Å². The minimum Gasteiger partial charge on any atom is -0.491 e. The average molecular weight is 372 g/mol. The van der Waals surface area contributed by atoms with E-state index in [4.69, 9.17) is 19.4 Å². The number of hydrogen-bond acceptors (Lipinski definition) is 6. The molecule has 1 heterocycles. The second-order valence-electron chi connectivity index (χ2n) is 5.88. The van der Waals surface area contributed by atoms with E-state index in [1.54, 1.807) is 23.6 Å². The molecule has 0 radical (unpaired) electrons. The molecule has 0 saturated carbocycles. The summed E-state index contributed by atoms with van der Waals surface area (Å²) in [5, 5.41) is 8.83. The van der Waals surface area contributed by atoms with E-state index in [1.807, 2.05) is 24.3 Å². The lowest BCUT2D eigenvalue weighted by atomic mass is 10.1. The molecule has 0 unspecified atom stereocenters. The number of amides is 2. The van der Waals surface area contributed by atoms with E-state index >= 15 is 0 Å². The van der Waals surface area contributed by atoms with Crippen molar-refractivity contribution in [3.05, 3.63) is 53.6 Å². The van der Waals surface area contributed by atoms with Crippen molar-refractivity contribution < 1.29 is 29.0 Å². The second kappa shape index (κ2) is 8.52. The Balaban J connectivity index is 1.84. The van der Waals surface area contributed by atoms with Crippen LogP contribution in [0.2, 0.25) is 0 Å². The van der Waals surface area contributed by atoms with Crippen molar-refractivity contribution >= 4 is 17.5 Å². The lowest BCUT2D eigenvalue weighted by molar-refractivity contribution is -0.121. The summed E-state index contributed by atoms with van der Waals surface area (Å²) in [6.07, 6.45) is 0. The number of anilines is 1. The number of ether oxygens (including phenoxy) is 3. The molecule has 8 nitrogen and oxygen atoms in total. The first-order valence-corrected chi connectivity index (χ1v) is 8.34. The highest BCUT2D eigenvalue weighted by molar-refractivity contribution is 6.01. The second-order valence-corrected chi connectivity index (χ2v) is 5.88. The minimum absolute atomic E-state index is 0.0808. The molecule has 0 aliphatic carbocycles. The molecule has 0 bridgehead atoms. The van der Waals surface area contributed by atoms with Gasteiger partial charge in [-0.25, -0.2) is 5.48 Å². The van der Waals surface area contributed by atoms with E-state index in [2.05, 4.69) is 0 Å². The number of methoxy groups -OCH3 is 1. The van der Waals surface area contributed by atoms with Crippen molar-refractivity contribution in [2.75, 3.05) is 31.8 Å². The monoisotopic (exact) mass is 372 g/mol. The molecule has 1 aliphatic heterocycles. The smallest absolute Gasteiger partial charge is 0.274 e. The lowest BCUT2D eigenvalue weighted by Gasteiger charge is -2.30. The normalized spacial score (nSPS) is 13.0. The van der Waals surface area contributed by atoms with Gasteiger partial charge in [0, 0.05) is 12.7 Å². The summed E-state index contributed by atoms with van der Waals surface area (Å²) in [6.45, 7) is 1.12. The van der Waals surface area contributed by atoms with Crippen molar-refractivity contribution in [3.63, 3.8) is 0 Å². The third-order valence-corrected chi connectivity index (χ3v) is 4.06. The van der Waals surface area contributed by atoms with E-state index < -0.39 is 5.91 Å². The molecule has 2 amide bonds. The molecule has 0 fully saturated rings. The average Bonchev–Trinajstić information content (AvgIpc) is 2.70. The number of benzene rings is 2. The quantitative estimate of drug-likeness (QED) is 0.437. The van der Waals surface area contributed by atoms with Crippen molar-refractivity contribution in [1.82, 2.24) is 5.48 Å². The van der Waals surface area contributed by atoms with Crippen molar-refractivity contribution in [2.45, 2.75) is 6.54 Å². The van der Waals surface area contributed by atoms with Crippen molar-refractivity contribution in [1.29, 1.82) is 0 Å². The molecule has 27 heavy (non-hydrogen) atoms. The van der Waals surface area contributed by atoms with Crippen molar-refractivity contribution in [3.8, 4) is 11.5 Å². The highest BCUT2D eigenvalue weighted by Gasteiger charge is 2.26. The summed E-state index contributed by atoms with van der Waals surface area (Å²) >= 11 is 0. The Hall–Kier alpha value is -3.10. The van der Waals surface area contributed by atoms with Gasteiger partial charge in [-0.05, 0) is 35.9 Å². The number of fused-ring (bicyclic) bond motifs is 1. The zero-order chi connectivity index (χ0) is 19.2. The Morgan fingerprint density at radius 1 is 1.26 bits per heavy atom. The Labute approximate surface area is 156 Å². The largest absolute Gasteiger partial charge is 0.491 e. The van der Waals surface area contributed by atoms with E-state index in [0.717, 1.165) is 5.56 Å². The zero-order valence-corrected chi connectivity index (χ0v) is 14.8. The van der Waals surface area contributed by atoms with Gasteiger partial charge in [-0.2, -0.15) is 0 Å². The van der Waals surface area contributed by atoms with Gasteiger partial charge in [0.05, 0.1) is 18.8 Å². The maximum absolute atomic E-state index is 12.4. The fraction of sp³-hybridized carbons (Fsp3) is 0.263. The molecule has 142 valence electrons. The predicted octanol–water partition coefficient (Wildman–Crippen LogP) is 1.76. The Morgan fingerprint density at radius 2 is 2.11 bits per heavy atom. The minimum atomic E-state index is -0.663. The zero-order valence-electron chi connectivity index (χ0n) is 14.8. The molecule has 0 atom stereocenters. The van der Waals surface area contributed by atoms with Gasteiger partial charge in [-0.1, -0.05) is 12.1 Å². The molecule has 2 N–H and O–H groups in total. The van der Waals surface area contributed by atoms with Gasteiger partial charge < -0.3 is 19.1 Å². The molecule has 2 aromatic rings. The fourth-order valence-electron chi connectivity index (χ4n) is 2.74. The van der Waals surface area contributed by atoms with Gasteiger partial charge in [-0.15, -0.1) is 0 Å². The van der Waals surface area contributed by atoms with E-state index in [1.165, 1.54) is 12.1 Å². The standard InChI is InChI=1S/C19H20N2O6/c1-25-7-8-26-15-4-2-3-13(9-15)11-21-16-10-14(19(23)20-24)5-6-17(16)27-12-18(21)22/h2-6,9-10,24H,7-8,11-12H2,1H3,(H,20,23). The van der Waals surface area contributed by atoms with Gasteiger partial charge in [-0.3, -0.25) is 14.8 Å². The number of hydroxylamine groups is 1. The predicted molar refractivity (Wildman–Crippen MR) is 96.2 cm³/mol. The van der Waals surface area contributed by atoms with Crippen LogP contribution < -0.4 is 19.9 Å². The summed E-state index contributed by atoms with van der Waals surface area (Å²) in [5.41, 5.74) is 3.14. The fourth-order valence-corrected chi connectivity index (χ4v) is 2.74. The number of nitrogens with one attached hydrogen (secondary N) is 1. The van der Waals surface area contributed by atoms with E-state index in [0.29, 0.717) is 36.9 Å². The molecule has 1 aliphatic rings. The molecular weight excluding hydrogens is 352 g/mol. The van der Waals surface area contributed by atoms with Crippen LogP contribution in [0.3, 0.4) is 0 Å². The third-order valence-electron chi connectivity index (χ3n) is 4.06. The Morgan fingerprint density at radius 3 is 2.89 bits per heavy atom. The number of hydrogen-bond donors (Lipinski definition) is 2. The summed E-state index contributed by atoms with van der Waals surface area (Å²) in [7, 11) is 1.60. The molecule has 0 saturated heterocycles. The molecule has 0 spiro atoms. The van der Waals surface area contributed by atoms with Gasteiger partial charge in [0.25, 0.3) is 11.8 Å². The highest BCUT2D eigenvalue weighted by Crippen LogP contribution is 2.34. The van der Waals surface area contributed by atoms with E-state index in [-0.39, 0.29) is 18.1 Å². The molecule has 0 aromatic heterocycles.